The largest absolute Gasteiger partial charge is 0.368 e. The minimum Gasteiger partial charge on any atom is -0.368 e. The first-order valence-electron chi connectivity index (χ1n) is 9.54. The molecule has 25 heavy (non-hydrogen) atoms. The van der Waals surface area contributed by atoms with Gasteiger partial charge in [-0.3, -0.25) is 4.79 Å². The third-order valence-corrected chi connectivity index (χ3v) is 6.02. The lowest BCUT2D eigenvalue weighted by Gasteiger charge is -2.38. The molecule has 138 valence electrons. The number of halogens is 1. The third-order valence-electron chi connectivity index (χ3n) is 5.78. The Balaban J connectivity index is 1.51. The molecule has 4 nitrogen and oxygen atoms in total. The number of rotatable bonds is 4. The Kier molecular flexibility index (Phi) is 6.24. The number of carbonyl (C=O) groups is 1. The van der Waals surface area contributed by atoms with Crippen molar-refractivity contribution in [1.29, 1.82) is 0 Å². The SMILES string of the molecule is Cc1ccc(Cl)cc1N1CCN(C(=O)CC(C)C2CCCNC2)CC1. The van der Waals surface area contributed by atoms with Gasteiger partial charge < -0.3 is 15.1 Å². The summed E-state index contributed by atoms with van der Waals surface area (Å²) in [6.45, 7) is 9.92. The summed E-state index contributed by atoms with van der Waals surface area (Å²) < 4.78 is 0. The second-order valence-electron chi connectivity index (χ2n) is 7.59. The van der Waals surface area contributed by atoms with Crippen LogP contribution in [0.2, 0.25) is 5.02 Å². The predicted octanol–water partition coefficient (Wildman–Crippen LogP) is 3.32. The summed E-state index contributed by atoms with van der Waals surface area (Å²) in [6, 6.07) is 6.03. The second kappa shape index (κ2) is 8.41. The van der Waals surface area contributed by atoms with E-state index >= 15 is 0 Å². The van der Waals surface area contributed by atoms with Crippen molar-refractivity contribution in [2.45, 2.75) is 33.1 Å². The molecule has 2 unspecified atom stereocenters. The zero-order chi connectivity index (χ0) is 17.8. The van der Waals surface area contributed by atoms with E-state index < -0.39 is 0 Å². The molecule has 2 saturated heterocycles. The number of nitrogens with zero attached hydrogens (tertiary/aromatic N) is 2. The molecule has 1 amide bonds. The van der Waals surface area contributed by atoms with Gasteiger partial charge in [0, 0.05) is 43.3 Å². The van der Waals surface area contributed by atoms with Crippen molar-refractivity contribution in [1.82, 2.24) is 10.2 Å². The van der Waals surface area contributed by atoms with Crippen LogP contribution < -0.4 is 10.2 Å². The molecule has 2 aliphatic rings. The van der Waals surface area contributed by atoms with Gasteiger partial charge in [-0.15, -0.1) is 0 Å². The van der Waals surface area contributed by atoms with Crippen LogP contribution >= 0.6 is 11.6 Å². The van der Waals surface area contributed by atoms with Crippen molar-refractivity contribution in [2.75, 3.05) is 44.2 Å². The number of nitrogens with one attached hydrogen (secondary N) is 1. The summed E-state index contributed by atoms with van der Waals surface area (Å²) >= 11 is 6.15. The fraction of sp³-hybridized carbons (Fsp3) is 0.650. The first kappa shape index (κ1) is 18.5. The summed E-state index contributed by atoms with van der Waals surface area (Å²) in [7, 11) is 0. The molecule has 0 radical (unpaired) electrons. The van der Waals surface area contributed by atoms with Gasteiger partial charge in [0.2, 0.25) is 5.91 Å². The Bertz CT molecular complexity index is 593. The predicted molar refractivity (Wildman–Crippen MR) is 104 cm³/mol. The van der Waals surface area contributed by atoms with E-state index in [0.717, 1.165) is 44.3 Å². The second-order valence-corrected chi connectivity index (χ2v) is 8.02. The number of piperidine rings is 1. The van der Waals surface area contributed by atoms with E-state index in [1.165, 1.54) is 24.1 Å². The lowest BCUT2D eigenvalue weighted by molar-refractivity contribution is -0.132. The Morgan fingerprint density at radius 1 is 1.32 bits per heavy atom. The first-order chi connectivity index (χ1) is 12.0. The minimum atomic E-state index is 0.320. The molecule has 0 saturated carbocycles. The molecule has 2 aliphatic heterocycles. The number of piperazine rings is 1. The highest BCUT2D eigenvalue weighted by atomic mass is 35.5. The summed E-state index contributed by atoms with van der Waals surface area (Å²) in [5.74, 6) is 1.43. The minimum absolute atomic E-state index is 0.320. The highest BCUT2D eigenvalue weighted by Gasteiger charge is 2.26. The number of carbonyl (C=O) groups excluding carboxylic acids is 1. The van der Waals surface area contributed by atoms with Crippen LogP contribution in [0.4, 0.5) is 5.69 Å². The molecule has 1 aromatic rings. The van der Waals surface area contributed by atoms with Crippen molar-refractivity contribution < 1.29 is 4.79 Å². The van der Waals surface area contributed by atoms with Crippen molar-refractivity contribution in [3.63, 3.8) is 0 Å². The van der Waals surface area contributed by atoms with Crippen LogP contribution in [0.25, 0.3) is 0 Å². The molecule has 2 atom stereocenters. The molecule has 1 aromatic carbocycles. The summed E-state index contributed by atoms with van der Waals surface area (Å²) in [5.41, 5.74) is 2.43. The zero-order valence-corrected chi connectivity index (χ0v) is 16.2. The van der Waals surface area contributed by atoms with Gasteiger partial charge in [-0.1, -0.05) is 24.6 Å². The molecule has 3 rings (SSSR count). The highest BCUT2D eigenvalue weighted by molar-refractivity contribution is 6.30. The van der Waals surface area contributed by atoms with Gasteiger partial charge in [0.25, 0.3) is 0 Å². The van der Waals surface area contributed by atoms with Gasteiger partial charge in [-0.25, -0.2) is 0 Å². The molecule has 2 heterocycles. The van der Waals surface area contributed by atoms with Crippen LogP contribution in [0, 0.1) is 18.8 Å². The first-order valence-corrected chi connectivity index (χ1v) is 9.92. The van der Waals surface area contributed by atoms with Crippen LogP contribution in [-0.2, 0) is 4.79 Å². The van der Waals surface area contributed by atoms with Crippen LogP contribution in [0.15, 0.2) is 18.2 Å². The molecular formula is C20H30ClN3O. The van der Waals surface area contributed by atoms with Crippen LogP contribution in [0.3, 0.4) is 0 Å². The van der Waals surface area contributed by atoms with E-state index in [9.17, 15) is 4.79 Å². The highest BCUT2D eigenvalue weighted by Crippen LogP contribution is 2.26. The third kappa shape index (κ3) is 4.68. The van der Waals surface area contributed by atoms with E-state index in [1.807, 2.05) is 17.0 Å². The van der Waals surface area contributed by atoms with Crippen molar-refractivity contribution in [3.8, 4) is 0 Å². The maximum absolute atomic E-state index is 12.7. The molecule has 0 bridgehead atoms. The molecular weight excluding hydrogens is 334 g/mol. The van der Waals surface area contributed by atoms with Gasteiger partial charge in [-0.2, -0.15) is 0 Å². The Labute approximate surface area is 156 Å². The topological polar surface area (TPSA) is 35.6 Å². The standard InChI is InChI=1S/C20H30ClN3O/c1-15-5-6-18(21)13-19(15)23-8-10-24(11-9-23)20(25)12-16(2)17-4-3-7-22-14-17/h5-6,13,16-17,22H,3-4,7-12,14H2,1-2H3. The molecule has 0 spiro atoms. The summed E-state index contributed by atoms with van der Waals surface area (Å²) in [4.78, 5) is 17.1. The van der Waals surface area contributed by atoms with Crippen molar-refractivity contribution >= 4 is 23.2 Å². The zero-order valence-electron chi connectivity index (χ0n) is 15.4. The summed E-state index contributed by atoms with van der Waals surface area (Å²) in [5, 5.41) is 4.23. The Morgan fingerprint density at radius 3 is 2.76 bits per heavy atom. The van der Waals surface area contributed by atoms with Crippen molar-refractivity contribution in [2.24, 2.45) is 11.8 Å². The maximum Gasteiger partial charge on any atom is 0.222 e. The number of anilines is 1. The van der Waals surface area contributed by atoms with Crippen LogP contribution in [0.1, 0.15) is 31.7 Å². The van der Waals surface area contributed by atoms with E-state index in [1.54, 1.807) is 0 Å². The van der Waals surface area contributed by atoms with Crippen molar-refractivity contribution in [3.05, 3.63) is 28.8 Å². The smallest absolute Gasteiger partial charge is 0.222 e. The Morgan fingerprint density at radius 2 is 2.08 bits per heavy atom. The fourth-order valence-electron chi connectivity index (χ4n) is 4.06. The van der Waals surface area contributed by atoms with Gasteiger partial charge >= 0.3 is 0 Å². The average molecular weight is 364 g/mol. The van der Waals surface area contributed by atoms with Gasteiger partial charge in [0.05, 0.1) is 0 Å². The monoisotopic (exact) mass is 363 g/mol. The quantitative estimate of drug-likeness (QED) is 0.891. The normalized spacial score (nSPS) is 22.8. The number of hydrogen-bond donors (Lipinski definition) is 1. The van der Waals surface area contributed by atoms with Crippen LogP contribution in [0.5, 0.6) is 0 Å². The molecule has 5 heteroatoms. The van der Waals surface area contributed by atoms with E-state index in [0.29, 0.717) is 24.2 Å². The number of hydrogen-bond acceptors (Lipinski definition) is 3. The van der Waals surface area contributed by atoms with Gasteiger partial charge in [0.15, 0.2) is 0 Å². The number of benzene rings is 1. The number of amides is 1. The molecule has 0 aliphatic carbocycles. The van der Waals surface area contributed by atoms with E-state index in [-0.39, 0.29) is 0 Å². The lowest BCUT2D eigenvalue weighted by atomic mass is 9.85. The lowest BCUT2D eigenvalue weighted by Crippen LogP contribution is -2.49. The van der Waals surface area contributed by atoms with E-state index in [2.05, 4.69) is 30.1 Å². The van der Waals surface area contributed by atoms with Gasteiger partial charge in [0.1, 0.15) is 0 Å². The molecule has 2 fully saturated rings. The Hall–Kier alpha value is -1.26. The summed E-state index contributed by atoms with van der Waals surface area (Å²) in [6.07, 6.45) is 3.17. The average Bonchev–Trinajstić information content (AvgIpc) is 2.64. The number of aryl methyl sites for hydroxylation is 1. The maximum atomic E-state index is 12.7. The van der Waals surface area contributed by atoms with E-state index in [4.69, 9.17) is 11.6 Å². The molecule has 1 N–H and O–H groups in total. The fourth-order valence-corrected chi connectivity index (χ4v) is 4.22. The van der Waals surface area contributed by atoms with Gasteiger partial charge in [-0.05, 0) is 62.4 Å². The molecule has 0 aromatic heterocycles. The van der Waals surface area contributed by atoms with Crippen LogP contribution in [-0.4, -0.2) is 50.1 Å².